The highest BCUT2D eigenvalue weighted by Crippen LogP contribution is 2.17. The lowest BCUT2D eigenvalue weighted by Crippen LogP contribution is -2.27. The van der Waals surface area contributed by atoms with Crippen LogP contribution in [0, 0.1) is 5.92 Å². The van der Waals surface area contributed by atoms with Crippen molar-refractivity contribution in [1.82, 2.24) is 0 Å². The maximum Gasteiger partial charge on any atom is 0.161 e. The molecule has 0 aliphatic heterocycles. The second-order valence-corrected chi connectivity index (χ2v) is 6.05. The Morgan fingerprint density at radius 2 is 1.50 bits per heavy atom. The molecule has 0 bridgehead atoms. The Hall–Kier alpha value is -0.600. The molecular weight excluding hydrogens is 272 g/mol. The van der Waals surface area contributed by atoms with Crippen molar-refractivity contribution in [3.05, 3.63) is 24.3 Å². The number of ether oxygens (including phenoxy) is 1. The third-order valence-corrected chi connectivity index (χ3v) is 4.02. The van der Waals surface area contributed by atoms with Crippen LogP contribution in [-0.2, 0) is 4.74 Å². The van der Waals surface area contributed by atoms with Crippen LogP contribution in [0.1, 0.15) is 85.5 Å². The maximum atomic E-state index is 10.3. The van der Waals surface area contributed by atoms with E-state index in [0.29, 0.717) is 0 Å². The van der Waals surface area contributed by atoms with Crippen LogP contribution in [0.3, 0.4) is 0 Å². The number of hydrogen-bond donors (Lipinski definition) is 1. The fourth-order valence-corrected chi connectivity index (χ4v) is 2.33. The van der Waals surface area contributed by atoms with Crippen molar-refractivity contribution in [2.24, 2.45) is 5.92 Å². The lowest BCUT2D eigenvalue weighted by Gasteiger charge is -2.24. The molecule has 22 heavy (non-hydrogen) atoms. The van der Waals surface area contributed by atoms with Gasteiger partial charge in [-0.25, -0.2) is 0 Å². The van der Waals surface area contributed by atoms with Crippen molar-refractivity contribution >= 4 is 0 Å². The van der Waals surface area contributed by atoms with Crippen LogP contribution < -0.4 is 0 Å². The van der Waals surface area contributed by atoms with E-state index in [0.717, 1.165) is 32.1 Å². The number of unbranched alkanes of at least 4 members (excludes halogenated alkanes) is 4. The Labute approximate surface area is 138 Å². The van der Waals surface area contributed by atoms with Gasteiger partial charge in [0.1, 0.15) is 0 Å². The number of hydrogen-bond acceptors (Lipinski definition) is 2. The zero-order chi connectivity index (χ0) is 16.6. The fraction of sp³-hybridized carbons (Fsp3) is 0.800. The zero-order valence-corrected chi connectivity index (χ0v) is 15.3. The number of allylic oxidation sites excluding steroid dienone is 2. The minimum atomic E-state index is -0.683. The molecule has 0 amide bonds. The van der Waals surface area contributed by atoms with E-state index in [9.17, 15) is 5.11 Å². The molecule has 0 saturated carbocycles. The molecule has 1 N–H and O–H groups in total. The molecule has 0 rings (SSSR count). The van der Waals surface area contributed by atoms with Gasteiger partial charge in [-0.2, -0.15) is 0 Å². The molecular formula is C20H38O2. The van der Waals surface area contributed by atoms with E-state index in [1.165, 1.54) is 25.7 Å². The average molecular weight is 311 g/mol. The first-order valence-corrected chi connectivity index (χ1v) is 9.34. The summed E-state index contributed by atoms with van der Waals surface area (Å²) in [6.07, 6.45) is 18.1. The topological polar surface area (TPSA) is 29.5 Å². The molecule has 0 aliphatic rings. The molecule has 0 aromatic heterocycles. The Kier molecular flexibility index (Phi) is 14.9. The second kappa shape index (κ2) is 15.3. The standard InChI is InChI=1S/C20H38O2/c1-5-9-11-13-15-17-19(8-4)22-20(21)18(7-3)16-14-12-10-6-2/h13-16,18-21H,5-12,17H2,1-4H3. The summed E-state index contributed by atoms with van der Waals surface area (Å²) in [6.45, 7) is 8.63. The third kappa shape index (κ3) is 11.0. The SMILES string of the molecule is CCCCC=CCC(CC)OC(O)C(C=CCCCC)CC. The first-order chi connectivity index (χ1) is 10.7. The predicted octanol–water partition coefficient (Wildman–Crippen LogP) is 6.01. The summed E-state index contributed by atoms with van der Waals surface area (Å²) in [5.74, 6) is 0.106. The molecule has 3 unspecified atom stereocenters. The van der Waals surface area contributed by atoms with Crippen molar-refractivity contribution in [1.29, 1.82) is 0 Å². The van der Waals surface area contributed by atoms with Gasteiger partial charge in [0.25, 0.3) is 0 Å². The van der Waals surface area contributed by atoms with Gasteiger partial charge in [0.15, 0.2) is 6.29 Å². The summed E-state index contributed by atoms with van der Waals surface area (Å²) < 4.78 is 5.87. The van der Waals surface area contributed by atoms with Crippen molar-refractivity contribution in [2.45, 2.75) is 97.9 Å². The molecule has 2 heteroatoms. The summed E-state index contributed by atoms with van der Waals surface area (Å²) in [5.41, 5.74) is 0. The highest BCUT2D eigenvalue weighted by Gasteiger charge is 2.18. The van der Waals surface area contributed by atoms with Gasteiger partial charge in [-0.1, -0.05) is 77.7 Å². The molecule has 0 radical (unpaired) electrons. The van der Waals surface area contributed by atoms with Gasteiger partial charge in [-0.15, -0.1) is 0 Å². The molecule has 2 nitrogen and oxygen atoms in total. The number of rotatable bonds is 14. The summed E-state index contributed by atoms with van der Waals surface area (Å²) in [5, 5.41) is 10.3. The fourth-order valence-electron chi connectivity index (χ4n) is 2.33. The zero-order valence-electron chi connectivity index (χ0n) is 15.3. The number of aliphatic hydroxyl groups is 1. The van der Waals surface area contributed by atoms with E-state index >= 15 is 0 Å². The van der Waals surface area contributed by atoms with Crippen LogP contribution in [0.15, 0.2) is 24.3 Å². The van der Waals surface area contributed by atoms with Gasteiger partial charge >= 0.3 is 0 Å². The molecule has 130 valence electrons. The number of aliphatic hydroxyl groups excluding tert-OH is 1. The van der Waals surface area contributed by atoms with Crippen LogP contribution in [0.4, 0.5) is 0 Å². The van der Waals surface area contributed by atoms with E-state index < -0.39 is 6.29 Å². The largest absolute Gasteiger partial charge is 0.367 e. The highest BCUT2D eigenvalue weighted by molar-refractivity contribution is 4.90. The van der Waals surface area contributed by atoms with Crippen molar-refractivity contribution in [3.63, 3.8) is 0 Å². The van der Waals surface area contributed by atoms with E-state index in [1.807, 2.05) is 0 Å². The molecule has 0 fully saturated rings. The predicted molar refractivity (Wildman–Crippen MR) is 96.9 cm³/mol. The average Bonchev–Trinajstić information content (AvgIpc) is 2.53. The van der Waals surface area contributed by atoms with Gasteiger partial charge < -0.3 is 9.84 Å². The molecule has 3 atom stereocenters. The van der Waals surface area contributed by atoms with Crippen LogP contribution in [-0.4, -0.2) is 17.5 Å². The summed E-state index contributed by atoms with van der Waals surface area (Å²) in [6, 6.07) is 0. The molecule has 0 aliphatic carbocycles. The van der Waals surface area contributed by atoms with Gasteiger partial charge in [0.05, 0.1) is 6.10 Å². The Bertz CT molecular complexity index is 283. The molecule has 0 aromatic rings. The quantitative estimate of drug-likeness (QED) is 0.242. The Morgan fingerprint density at radius 3 is 2.05 bits per heavy atom. The van der Waals surface area contributed by atoms with Crippen LogP contribution in [0.5, 0.6) is 0 Å². The third-order valence-electron chi connectivity index (χ3n) is 4.02. The minimum absolute atomic E-state index is 0.106. The monoisotopic (exact) mass is 310 g/mol. The van der Waals surface area contributed by atoms with E-state index in [4.69, 9.17) is 4.74 Å². The molecule has 0 spiro atoms. The van der Waals surface area contributed by atoms with Crippen molar-refractivity contribution in [2.75, 3.05) is 0 Å². The smallest absolute Gasteiger partial charge is 0.161 e. The van der Waals surface area contributed by atoms with Gasteiger partial charge in [-0.05, 0) is 32.1 Å². The Balaban J connectivity index is 4.21. The first kappa shape index (κ1) is 21.4. The molecule has 0 saturated heterocycles. The van der Waals surface area contributed by atoms with Crippen molar-refractivity contribution in [3.8, 4) is 0 Å². The molecule has 0 heterocycles. The van der Waals surface area contributed by atoms with E-state index in [1.54, 1.807) is 0 Å². The highest BCUT2D eigenvalue weighted by atomic mass is 16.6. The van der Waals surface area contributed by atoms with Crippen molar-refractivity contribution < 1.29 is 9.84 Å². The van der Waals surface area contributed by atoms with Crippen LogP contribution in [0.2, 0.25) is 0 Å². The van der Waals surface area contributed by atoms with Crippen LogP contribution in [0.25, 0.3) is 0 Å². The Morgan fingerprint density at radius 1 is 0.864 bits per heavy atom. The first-order valence-electron chi connectivity index (χ1n) is 9.34. The lowest BCUT2D eigenvalue weighted by atomic mass is 10.0. The normalized spacial score (nSPS) is 16.4. The lowest BCUT2D eigenvalue weighted by molar-refractivity contribution is -0.156. The summed E-state index contributed by atoms with van der Waals surface area (Å²) in [7, 11) is 0. The van der Waals surface area contributed by atoms with Gasteiger partial charge in [0, 0.05) is 5.92 Å². The summed E-state index contributed by atoms with van der Waals surface area (Å²) in [4.78, 5) is 0. The molecule has 0 aromatic carbocycles. The van der Waals surface area contributed by atoms with Gasteiger partial charge in [0.2, 0.25) is 0 Å². The minimum Gasteiger partial charge on any atom is -0.367 e. The van der Waals surface area contributed by atoms with E-state index in [2.05, 4.69) is 52.0 Å². The van der Waals surface area contributed by atoms with E-state index in [-0.39, 0.29) is 12.0 Å². The summed E-state index contributed by atoms with van der Waals surface area (Å²) >= 11 is 0. The van der Waals surface area contributed by atoms with Crippen LogP contribution >= 0.6 is 0 Å². The van der Waals surface area contributed by atoms with Gasteiger partial charge in [-0.3, -0.25) is 0 Å². The second-order valence-electron chi connectivity index (χ2n) is 6.05. The maximum absolute atomic E-state index is 10.3.